The van der Waals surface area contributed by atoms with Gasteiger partial charge in [0.25, 0.3) is 23.6 Å². The van der Waals surface area contributed by atoms with Gasteiger partial charge in [0.2, 0.25) is 0 Å². The summed E-state index contributed by atoms with van der Waals surface area (Å²) in [7, 11) is 0. The molecule has 8 N–H and O–H groups in total. The van der Waals surface area contributed by atoms with E-state index in [1.54, 1.807) is 56.3 Å². The maximum Gasteiger partial charge on any atom is 0.274 e. The average molecular weight is 1420 g/mol. The van der Waals surface area contributed by atoms with Crippen LogP contribution in [0.25, 0.3) is 43.1 Å². The molecule has 0 saturated carbocycles. The highest BCUT2D eigenvalue weighted by atomic mass is 16.5. The summed E-state index contributed by atoms with van der Waals surface area (Å²) >= 11 is 0. The summed E-state index contributed by atoms with van der Waals surface area (Å²) in [5.74, 6) is -7.61. The van der Waals surface area contributed by atoms with Crippen molar-refractivity contribution in [2.24, 2.45) is 0 Å². The molecule has 0 aliphatic carbocycles. The standard InChI is InChI=1S/4C20H18N2O4/c4*1-12(23)11-21-20(25)18-19(24)16-9-8-15(10-17(16)13(2)22-18)26-14-6-4-3-5-7-14/h4*3-10,24H,11H2,1-2H3,(H,21,25)/i3D,4D,5D,6D,7D,11D2;3D,6D,7D,11D2;2D,3D,6D,7D;4D,11D2. The highest BCUT2D eigenvalue weighted by molar-refractivity contribution is 6.07. The molecule has 12 rings (SSSR count). The molecular formula is C80H72N8O16. The number of nitrogens with one attached hydrogen (secondary N) is 4. The second-order valence-electron chi connectivity index (χ2n) is 21.8. The molecule has 8 aromatic carbocycles. The third kappa shape index (κ3) is 19.4. The number of nitrogens with zero attached hydrogens (tertiary/aromatic N) is 4. The van der Waals surface area contributed by atoms with Crippen LogP contribution in [-0.4, -0.2) is 113 Å². The summed E-state index contributed by atoms with van der Waals surface area (Å²) in [6.07, 6.45) is 0. The van der Waals surface area contributed by atoms with Crippen molar-refractivity contribution in [3.63, 3.8) is 0 Å². The zero-order chi connectivity index (χ0) is 91.3. The number of para-hydroxylation sites is 4. The summed E-state index contributed by atoms with van der Waals surface area (Å²) < 4.78 is 169. The molecule has 104 heavy (non-hydrogen) atoms. The highest BCUT2D eigenvalue weighted by Gasteiger charge is 2.23. The Morgan fingerprint density at radius 1 is 0.346 bits per heavy atom. The molecule has 0 radical (unpaired) electrons. The molecule has 24 heteroatoms. The summed E-state index contributed by atoms with van der Waals surface area (Å²) in [6.45, 7) is 0.692. The van der Waals surface area contributed by atoms with Crippen LogP contribution in [-0.2, 0) is 19.2 Å². The Bertz CT molecular complexity index is 6290. The number of fused-ring (bicyclic) bond motifs is 4. The van der Waals surface area contributed by atoms with Crippen LogP contribution in [0.4, 0.5) is 0 Å². The average Bonchev–Trinajstić information content (AvgIpc) is 0.782. The minimum Gasteiger partial charge on any atom is -0.505 e. The van der Waals surface area contributed by atoms with Gasteiger partial charge in [0, 0.05) is 67.2 Å². The molecule has 24 nitrogen and oxygen atoms in total. The molecule has 0 saturated heterocycles. The van der Waals surface area contributed by atoms with Gasteiger partial charge in [-0.1, -0.05) is 72.7 Å². The topological polar surface area (TPSA) is 354 Å². The lowest BCUT2D eigenvalue weighted by Crippen LogP contribution is -2.29. The Balaban J connectivity index is 0.000000186. The lowest BCUT2D eigenvalue weighted by molar-refractivity contribution is -0.116. The Labute approximate surface area is 623 Å². The van der Waals surface area contributed by atoms with Crippen molar-refractivity contribution >= 4 is 89.9 Å². The minimum atomic E-state index is -2.64. The Kier molecular flexibility index (Phi) is 17.3. The first-order chi connectivity index (χ1) is 57.4. The van der Waals surface area contributed by atoms with Crippen molar-refractivity contribution in [1.82, 2.24) is 41.2 Å². The molecular weight excluding hydrogens is 1330 g/mol. The van der Waals surface area contributed by atoms with Gasteiger partial charge in [-0.05, 0) is 177 Å². The first-order valence-corrected chi connectivity index (χ1v) is 30.6. The van der Waals surface area contributed by atoms with Crippen molar-refractivity contribution in [3.05, 3.63) is 239 Å². The molecule has 0 unspecified atom stereocenters. The number of hydrogen-bond acceptors (Lipinski definition) is 20. The third-order valence-corrected chi connectivity index (χ3v) is 14.1. The third-order valence-electron chi connectivity index (χ3n) is 14.1. The first-order valence-electron chi connectivity index (χ1n) is 40.3. The molecule has 4 amide bonds. The van der Waals surface area contributed by atoms with Gasteiger partial charge >= 0.3 is 0 Å². The van der Waals surface area contributed by atoms with Gasteiger partial charge < -0.3 is 60.6 Å². The van der Waals surface area contributed by atoms with Crippen LogP contribution >= 0.6 is 0 Å². The number of hydrogen-bond donors (Lipinski definition) is 8. The van der Waals surface area contributed by atoms with Crippen molar-refractivity contribution in [2.45, 2.75) is 55.4 Å². The van der Waals surface area contributed by atoms with Gasteiger partial charge in [-0.25, -0.2) is 19.9 Å². The first kappa shape index (κ1) is 52.4. The van der Waals surface area contributed by atoms with Crippen LogP contribution in [0.1, 0.15) is 118 Å². The lowest BCUT2D eigenvalue weighted by Gasteiger charge is -2.12. The van der Waals surface area contributed by atoms with E-state index in [1.165, 1.54) is 92.7 Å². The predicted octanol–water partition coefficient (Wildman–Crippen LogP) is 13.4. The molecule has 0 fully saturated rings. The maximum atomic E-state index is 12.4. The second kappa shape index (κ2) is 34.4. The summed E-state index contributed by atoms with van der Waals surface area (Å²) in [5.41, 5.74) is -0.385. The summed E-state index contributed by atoms with van der Waals surface area (Å²) in [4.78, 5) is 111. The lowest BCUT2D eigenvalue weighted by atomic mass is 10.1. The van der Waals surface area contributed by atoms with Crippen molar-refractivity contribution < 1.29 is 104 Å². The number of aromatic hydroxyl groups is 4. The van der Waals surface area contributed by atoms with E-state index >= 15 is 0 Å². The SMILES string of the molecule is [2H]Cc1nc(C(=O)NCC(C)=O)c(O)c2ccc(Oc3c([2H])cc([2H])cc3[2H])cc12.[2H]c1c([2H])c([2H])c(Oc2ccc3c(O)c(C(=O)NC([2H])([2H])C(C)=O)nc(C)c3c2)c([2H])c1[2H].[2H]c1cc([2H])c(Oc2ccc3c(O)c(C(=O)NC([2H])([2H])C(C)=O)nc(C)c3c2)c([2H])c1.[2H]c1cccc(Oc2ccc3c(O)c(C(=O)NC([2H])([2H])C(C)=O)nc(C)c3c2)c1. The molecule has 4 heterocycles. The van der Waals surface area contributed by atoms with Crippen LogP contribution in [0.2, 0.25) is 0 Å². The van der Waals surface area contributed by atoms with Crippen molar-refractivity contribution in [3.8, 4) is 69.0 Å². The molecule has 0 aliphatic rings. The number of carbonyl (C=O) groups excluding carboxylic acids is 8. The number of amides is 4. The zero-order valence-corrected chi connectivity index (χ0v) is 55.9. The van der Waals surface area contributed by atoms with E-state index in [0.717, 1.165) is 20.8 Å². The normalized spacial score (nSPS) is 13.5. The fraction of sp³-hybridized carbons (Fsp3) is 0.150. The van der Waals surface area contributed by atoms with Crippen LogP contribution in [0.3, 0.4) is 0 Å². The number of aromatic nitrogens is 4. The number of carbonyl (C=O) groups is 8. The Hall–Kier alpha value is -13.6. The number of benzene rings is 8. The zero-order valence-electron chi connectivity index (χ0n) is 74.9. The number of ketones is 4. The fourth-order valence-corrected chi connectivity index (χ4v) is 9.38. The van der Waals surface area contributed by atoms with Crippen molar-refractivity contribution in [2.75, 3.05) is 26.0 Å². The number of pyridine rings is 4. The number of rotatable bonds is 20. The Morgan fingerprint density at radius 2 is 0.663 bits per heavy atom. The molecule has 4 aromatic heterocycles. The molecule has 528 valence electrons. The monoisotopic (exact) mass is 1420 g/mol. The van der Waals surface area contributed by atoms with E-state index in [4.69, 9.17) is 45.0 Å². The van der Waals surface area contributed by atoms with Gasteiger partial charge in [0.1, 0.15) is 69.1 Å². The minimum absolute atomic E-state index is 0.0192. The predicted molar refractivity (Wildman–Crippen MR) is 391 cm³/mol. The van der Waals surface area contributed by atoms with Crippen LogP contribution in [0.5, 0.6) is 69.0 Å². The molecule has 0 bridgehead atoms. The Morgan fingerprint density at radius 3 is 0.990 bits per heavy atom. The fourth-order valence-electron chi connectivity index (χ4n) is 9.38. The van der Waals surface area contributed by atoms with E-state index in [9.17, 15) is 58.8 Å². The van der Waals surface area contributed by atoms with Gasteiger partial charge in [0.05, 0.1) is 50.7 Å². The summed E-state index contributed by atoms with van der Waals surface area (Å²) in [5, 5.41) is 52.9. The highest BCUT2D eigenvalue weighted by Crippen LogP contribution is 2.38. The summed E-state index contributed by atoms with van der Waals surface area (Å²) in [6, 6.07) is 26.6. The second-order valence-corrected chi connectivity index (χ2v) is 21.8. The van der Waals surface area contributed by atoms with Crippen LogP contribution in [0, 0.1) is 27.7 Å². The number of ether oxygens (including phenoxy) is 4. The van der Waals surface area contributed by atoms with E-state index in [0.29, 0.717) is 55.9 Å². The molecule has 0 aliphatic heterocycles. The molecule has 0 spiro atoms. The van der Waals surface area contributed by atoms with Crippen LogP contribution < -0.4 is 40.2 Å². The molecule has 12 aromatic rings. The smallest absolute Gasteiger partial charge is 0.274 e. The maximum absolute atomic E-state index is 12.4. The number of Topliss-reactive ketones (excluding diaryl/α,β-unsaturated/α-hetero) is 4. The largest absolute Gasteiger partial charge is 0.505 e. The van der Waals surface area contributed by atoms with Gasteiger partial charge in [-0.2, -0.15) is 0 Å². The quantitative estimate of drug-likeness (QED) is 0.0351. The van der Waals surface area contributed by atoms with E-state index < -0.39 is 125 Å². The number of aryl methyl sites for hydroxylation is 4. The molecule has 0 atom stereocenters. The van der Waals surface area contributed by atoms with Crippen LogP contribution in [0.15, 0.2) is 194 Å². The van der Waals surface area contributed by atoms with Gasteiger partial charge in [0.15, 0.2) is 45.8 Å². The van der Waals surface area contributed by atoms with Gasteiger partial charge in [-0.3, -0.25) is 38.4 Å². The van der Waals surface area contributed by atoms with E-state index in [2.05, 4.69) is 25.3 Å². The van der Waals surface area contributed by atoms with E-state index in [1.807, 2.05) is 16.0 Å². The van der Waals surface area contributed by atoms with Crippen molar-refractivity contribution in [1.29, 1.82) is 0 Å². The van der Waals surface area contributed by atoms with E-state index in [-0.39, 0.29) is 129 Å². The van der Waals surface area contributed by atoms with Gasteiger partial charge in [-0.15, -0.1) is 0 Å².